The molecule has 2 heterocycles. The Balaban J connectivity index is 1.58. The molecule has 1 atom stereocenters. The number of piperidine rings is 1. The third-order valence-corrected chi connectivity index (χ3v) is 4.94. The molecule has 1 aromatic heterocycles. The fourth-order valence-corrected chi connectivity index (χ4v) is 3.55. The fraction of sp³-hybridized carbons (Fsp3) is 0.250. The molecule has 3 aromatic rings. The first kappa shape index (κ1) is 18.6. The van der Waals surface area contributed by atoms with Gasteiger partial charge in [-0.05, 0) is 37.1 Å². The summed E-state index contributed by atoms with van der Waals surface area (Å²) in [7, 11) is 0. The van der Waals surface area contributed by atoms with Crippen LogP contribution in [0.1, 0.15) is 30.2 Å². The largest absolute Gasteiger partial charge is 0.365 e. The Bertz CT molecular complexity index is 1110. The monoisotopic (exact) mass is 393 g/mol. The van der Waals surface area contributed by atoms with Crippen LogP contribution in [0.15, 0.2) is 47.0 Å². The Kier molecular flexibility index (Phi) is 4.91. The summed E-state index contributed by atoms with van der Waals surface area (Å²) in [6.45, 7) is 1.12. The van der Waals surface area contributed by atoms with Crippen LogP contribution in [-0.2, 0) is 0 Å². The van der Waals surface area contributed by atoms with E-state index in [2.05, 4.69) is 10.1 Å². The van der Waals surface area contributed by atoms with Crippen molar-refractivity contribution in [2.45, 2.75) is 18.8 Å². The van der Waals surface area contributed by atoms with Crippen molar-refractivity contribution in [2.75, 3.05) is 18.0 Å². The molecule has 0 saturated carbocycles. The van der Waals surface area contributed by atoms with Gasteiger partial charge in [-0.1, -0.05) is 17.3 Å². The van der Waals surface area contributed by atoms with Crippen LogP contribution in [-0.4, -0.2) is 28.2 Å². The van der Waals surface area contributed by atoms with Gasteiger partial charge >= 0.3 is 0 Å². The molecular formula is C20H16FN5O3. The fourth-order valence-electron chi connectivity index (χ4n) is 3.55. The lowest BCUT2D eigenvalue weighted by Gasteiger charge is -2.32. The van der Waals surface area contributed by atoms with Crippen molar-refractivity contribution in [3.63, 3.8) is 0 Å². The summed E-state index contributed by atoms with van der Waals surface area (Å²) >= 11 is 0. The minimum Gasteiger partial charge on any atom is -0.365 e. The number of aromatic nitrogens is 2. The molecule has 0 radical (unpaired) electrons. The van der Waals surface area contributed by atoms with Crippen molar-refractivity contribution in [2.24, 2.45) is 0 Å². The van der Waals surface area contributed by atoms with Crippen LogP contribution in [0.25, 0.3) is 11.4 Å². The average Bonchev–Trinajstić information content (AvgIpc) is 3.24. The van der Waals surface area contributed by atoms with Crippen molar-refractivity contribution >= 4 is 11.4 Å². The maximum absolute atomic E-state index is 13.4. The van der Waals surface area contributed by atoms with Crippen LogP contribution in [0.4, 0.5) is 15.8 Å². The number of nitrogens with zero attached hydrogens (tertiary/aromatic N) is 5. The molecule has 2 aromatic carbocycles. The molecule has 29 heavy (non-hydrogen) atoms. The van der Waals surface area contributed by atoms with E-state index in [1.54, 1.807) is 24.3 Å². The molecule has 9 heteroatoms. The van der Waals surface area contributed by atoms with Gasteiger partial charge in [0, 0.05) is 24.7 Å². The zero-order valence-electron chi connectivity index (χ0n) is 15.3. The third kappa shape index (κ3) is 3.78. The second kappa shape index (κ2) is 7.67. The summed E-state index contributed by atoms with van der Waals surface area (Å²) in [4.78, 5) is 17.3. The standard InChI is InChI=1S/C20H16FN5O3/c21-16-5-1-3-14(10-16)19-23-20(29-24-19)15-4-2-8-25(12-15)17-7-6-13(11-22)9-18(17)26(27)28/h1,3,5-7,9-10,15H,2,4,8,12H2. The Morgan fingerprint density at radius 1 is 1.31 bits per heavy atom. The maximum atomic E-state index is 13.4. The van der Waals surface area contributed by atoms with Crippen LogP contribution in [0.2, 0.25) is 0 Å². The lowest BCUT2D eigenvalue weighted by atomic mass is 9.97. The summed E-state index contributed by atoms with van der Waals surface area (Å²) in [6, 6.07) is 12.3. The van der Waals surface area contributed by atoms with Gasteiger partial charge in [0.1, 0.15) is 11.5 Å². The van der Waals surface area contributed by atoms with Gasteiger partial charge in [-0.3, -0.25) is 10.1 Å². The third-order valence-electron chi connectivity index (χ3n) is 4.94. The van der Waals surface area contributed by atoms with Gasteiger partial charge in [0.25, 0.3) is 5.69 Å². The Hall–Kier alpha value is -3.80. The summed E-state index contributed by atoms with van der Waals surface area (Å²) in [5.74, 6) is 0.242. The zero-order chi connectivity index (χ0) is 20.4. The first-order valence-corrected chi connectivity index (χ1v) is 9.08. The second-order valence-corrected chi connectivity index (χ2v) is 6.82. The summed E-state index contributed by atoms with van der Waals surface area (Å²) in [5.41, 5.74) is 1.13. The quantitative estimate of drug-likeness (QED) is 0.486. The number of hydrogen-bond acceptors (Lipinski definition) is 7. The number of halogens is 1. The highest BCUT2D eigenvalue weighted by atomic mass is 19.1. The van der Waals surface area contributed by atoms with E-state index in [0.717, 1.165) is 12.8 Å². The van der Waals surface area contributed by atoms with Crippen LogP contribution in [0.5, 0.6) is 0 Å². The molecule has 0 amide bonds. The zero-order valence-corrected chi connectivity index (χ0v) is 15.3. The summed E-state index contributed by atoms with van der Waals surface area (Å²) < 4.78 is 18.9. The highest BCUT2D eigenvalue weighted by Crippen LogP contribution is 2.35. The lowest BCUT2D eigenvalue weighted by Crippen LogP contribution is -2.34. The number of nitro benzene ring substituents is 1. The number of benzene rings is 2. The van der Waals surface area contributed by atoms with E-state index in [4.69, 9.17) is 9.78 Å². The first-order chi connectivity index (χ1) is 14.0. The molecule has 1 saturated heterocycles. The number of anilines is 1. The van der Waals surface area contributed by atoms with Crippen molar-refractivity contribution in [1.82, 2.24) is 10.1 Å². The van der Waals surface area contributed by atoms with Gasteiger partial charge in [-0.15, -0.1) is 0 Å². The van der Waals surface area contributed by atoms with Gasteiger partial charge in [0.05, 0.1) is 22.5 Å². The van der Waals surface area contributed by atoms with E-state index in [9.17, 15) is 14.5 Å². The molecule has 0 aliphatic carbocycles. The van der Waals surface area contributed by atoms with Crippen LogP contribution >= 0.6 is 0 Å². The lowest BCUT2D eigenvalue weighted by molar-refractivity contribution is -0.384. The SMILES string of the molecule is N#Cc1ccc(N2CCCC(c3nc(-c4cccc(F)c4)no3)C2)c([N+](=O)[O-])c1. The number of nitriles is 1. The maximum Gasteiger partial charge on any atom is 0.293 e. The van der Waals surface area contributed by atoms with Crippen molar-refractivity contribution < 1.29 is 13.8 Å². The van der Waals surface area contributed by atoms with E-state index in [1.165, 1.54) is 18.2 Å². The molecule has 1 fully saturated rings. The van der Waals surface area contributed by atoms with Crippen LogP contribution in [0, 0.1) is 27.3 Å². The van der Waals surface area contributed by atoms with E-state index < -0.39 is 4.92 Å². The average molecular weight is 393 g/mol. The molecule has 146 valence electrons. The minimum absolute atomic E-state index is 0.101. The molecule has 8 nitrogen and oxygen atoms in total. The number of hydrogen-bond donors (Lipinski definition) is 0. The predicted octanol–water partition coefficient (Wildman–Crippen LogP) is 4.04. The van der Waals surface area contributed by atoms with Gasteiger partial charge in [-0.2, -0.15) is 10.2 Å². The molecule has 0 spiro atoms. The van der Waals surface area contributed by atoms with E-state index in [0.29, 0.717) is 36.1 Å². The number of rotatable bonds is 4. The predicted molar refractivity (Wildman–Crippen MR) is 102 cm³/mol. The minimum atomic E-state index is -0.478. The molecule has 0 bridgehead atoms. The molecule has 0 N–H and O–H groups in total. The first-order valence-electron chi connectivity index (χ1n) is 9.08. The molecular weight excluding hydrogens is 377 g/mol. The van der Waals surface area contributed by atoms with Gasteiger partial charge in [0.15, 0.2) is 0 Å². The van der Waals surface area contributed by atoms with Crippen LogP contribution < -0.4 is 4.90 Å². The van der Waals surface area contributed by atoms with E-state index in [-0.39, 0.29) is 23.0 Å². The Morgan fingerprint density at radius 2 is 2.17 bits per heavy atom. The summed E-state index contributed by atoms with van der Waals surface area (Å²) in [6.07, 6.45) is 1.59. The van der Waals surface area contributed by atoms with Crippen molar-refractivity contribution in [1.29, 1.82) is 5.26 Å². The smallest absolute Gasteiger partial charge is 0.293 e. The van der Waals surface area contributed by atoms with E-state index in [1.807, 2.05) is 11.0 Å². The second-order valence-electron chi connectivity index (χ2n) is 6.82. The molecule has 1 aliphatic rings. The van der Waals surface area contributed by atoms with Crippen molar-refractivity contribution in [3.8, 4) is 17.5 Å². The Labute approximate surface area is 165 Å². The van der Waals surface area contributed by atoms with E-state index >= 15 is 0 Å². The molecule has 1 unspecified atom stereocenters. The normalized spacial score (nSPS) is 16.4. The Morgan fingerprint density at radius 3 is 2.93 bits per heavy atom. The summed E-state index contributed by atoms with van der Waals surface area (Å²) in [5, 5.41) is 24.4. The molecule has 1 aliphatic heterocycles. The highest BCUT2D eigenvalue weighted by Gasteiger charge is 2.29. The van der Waals surface area contributed by atoms with Gasteiger partial charge in [0.2, 0.25) is 11.7 Å². The van der Waals surface area contributed by atoms with Crippen molar-refractivity contribution in [3.05, 3.63) is 69.9 Å². The van der Waals surface area contributed by atoms with Gasteiger partial charge in [-0.25, -0.2) is 4.39 Å². The molecule has 4 rings (SSSR count). The topological polar surface area (TPSA) is 109 Å². The number of nitro groups is 1. The van der Waals surface area contributed by atoms with Gasteiger partial charge < -0.3 is 9.42 Å². The highest BCUT2D eigenvalue weighted by molar-refractivity contribution is 5.66. The van der Waals surface area contributed by atoms with Crippen LogP contribution in [0.3, 0.4) is 0 Å².